The van der Waals surface area contributed by atoms with E-state index in [9.17, 15) is 26.3 Å². The van der Waals surface area contributed by atoms with Crippen LogP contribution in [0.2, 0.25) is 0 Å². The third-order valence-electron chi connectivity index (χ3n) is 4.46. The highest BCUT2D eigenvalue weighted by Gasteiger charge is 2.34. The third kappa shape index (κ3) is 4.27. The van der Waals surface area contributed by atoms with Gasteiger partial charge >= 0.3 is 12.4 Å². The molecule has 3 heterocycles. The molecule has 10 heteroatoms. The summed E-state index contributed by atoms with van der Waals surface area (Å²) >= 11 is 0. The number of benzene rings is 1. The number of nitrogens with one attached hydrogen (secondary N) is 1. The number of rotatable bonds is 3. The Morgan fingerprint density at radius 1 is 0.774 bits per heavy atom. The number of nitrogens with zero attached hydrogens (tertiary/aromatic N) is 3. The fraction of sp³-hybridized carbons (Fsp3) is 0.0952. The largest absolute Gasteiger partial charge is 0.418 e. The number of halogens is 6. The molecule has 0 spiro atoms. The number of alkyl halides is 6. The SMILES string of the molecule is FC(F)(F)c1ccc(Nc2cncc3nc(-c4ncccc4C(F)(F)F)ccc23)cc1. The highest BCUT2D eigenvalue weighted by atomic mass is 19.4. The summed E-state index contributed by atoms with van der Waals surface area (Å²) in [7, 11) is 0. The van der Waals surface area contributed by atoms with Gasteiger partial charge in [0.05, 0.1) is 40.4 Å². The summed E-state index contributed by atoms with van der Waals surface area (Å²) in [5, 5.41) is 3.49. The Labute approximate surface area is 171 Å². The smallest absolute Gasteiger partial charge is 0.354 e. The molecule has 158 valence electrons. The second kappa shape index (κ2) is 7.53. The molecular formula is C21H12F6N4. The first-order valence-electron chi connectivity index (χ1n) is 8.84. The van der Waals surface area contributed by atoms with Gasteiger partial charge in [0.1, 0.15) is 5.69 Å². The van der Waals surface area contributed by atoms with Crippen molar-refractivity contribution >= 4 is 22.3 Å². The first-order valence-corrected chi connectivity index (χ1v) is 8.84. The van der Waals surface area contributed by atoms with E-state index in [1.807, 2.05) is 0 Å². The molecule has 4 rings (SSSR count). The molecule has 0 atom stereocenters. The lowest BCUT2D eigenvalue weighted by atomic mass is 10.1. The Morgan fingerprint density at radius 2 is 1.52 bits per heavy atom. The quantitative estimate of drug-likeness (QED) is 0.376. The van der Waals surface area contributed by atoms with E-state index in [1.54, 1.807) is 6.07 Å². The van der Waals surface area contributed by atoms with E-state index in [1.165, 1.54) is 42.9 Å². The highest BCUT2D eigenvalue weighted by Crippen LogP contribution is 2.36. The molecule has 3 aromatic heterocycles. The van der Waals surface area contributed by atoms with E-state index in [-0.39, 0.29) is 11.4 Å². The number of aromatic nitrogens is 3. The lowest BCUT2D eigenvalue weighted by Gasteiger charge is -2.13. The van der Waals surface area contributed by atoms with Gasteiger partial charge in [-0.2, -0.15) is 26.3 Å². The van der Waals surface area contributed by atoms with E-state index < -0.39 is 23.5 Å². The van der Waals surface area contributed by atoms with Crippen molar-refractivity contribution in [3.63, 3.8) is 0 Å². The van der Waals surface area contributed by atoms with Gasteiger partial charge in [-0.3, -0.25) is 9.97 Å². The second-order valence-corrected chi connectivity index (χ2v) is 6.55. The third-order valence-corrected chi connectivity index (χ3v) is 4.46. The van der Waals surface area contributed by atoms with Gasteiger partial charge < -0.3 is 5.32 Å². The van der Waals surface area contributed by atoms with Gasteiger partial charge in [0, 0.05) is 17.3 Å². The van der Waals surface area contributed by atoms with E-state index in [0.29, 0.717) is 22.3 Å². The standard InChI is InChI=1S/C21H12F6N4/c22-20(23,24)12-3-5-13(6-4-12)30-17-10-28-11-18-14(17)7-8-16(31-18)19-15(21(25,26)27)2-1-9-29-19/h1-11,30H. The molecule has 31 heavy (non-hydrogen) atoms. The minimum atomic E-state index is -4.59. The maximum Gasteiger partial charge on any atom is 0.418 e. The van der Waals surface area contributed by atoms with Crippen LogP contribution in [-0.2, 0) is 12.4 Å². The van der Waals surface area contributed by atoms with Crippen LogP contribution >= 0.6 is 0 Å². The molecule has 0 radical (unpaired) electrons. The average Bonchev–Trinajstić information content (AvgIpc) is 2.73. The maximum absolute atomic E-state index is 13.3. The van der Waals surface area contributed by atoms with Crippen LogP contribution in [0.25, 0.3) is 22.3 Å². The average molecular weight is 434 g/mol. The van der Waals surface area contributed by atoms with E-state index in [0.717, 1.165) is 18.2 Å². The monoisotopic (exact) mass is 434 g/mol. The maximum atomic E-state index is 13.3. The topological polar surface area (TPSA) is 50.7 Å². The van der Waals surface area contributed by atoms with Crippen molar-refractivity contribution in [2.45, 2.75) is 12.4 Å². The van der Waals surface area contributed by atoms with Crippen LogP contribution in [0.5, 0.6) is 0 Å². The van der Waals surface area contributed by atoms with Crippen LogP contribution in [0.3, 0.4) is 0 Å². The van der Waals surface area contributed by atoms with Crippen molar-refractivity contribution in [2.24, 2.45) is 0 Å². The number of pyridine rings is 3. The molecule has 0 aliphatic heterocycles. The van der Waals surface area contributed by atoms with Crippen LogP contribution < -0.4 is 5.32 Å². The normalized spacial score (nSPS) is 12.2. The van der Waals surface area contributed by atoms with Gasteiger partial charge in [-0.25, -0.2) is 4.98 Å². The van der Waals surface area contributed by atoms with E-state index >= 15 is 0 Å². The molecule has 0 saturated heterocycles. The van der Waals surface area contributed by atoms with Gasteiger partial charge in [-0.15, -0.1) is 0 Å². The zero-order valence-electron chi connectivity index (χ0n) is 15.5. The summed E-state index contributed by atoms with van der Waals surface area (Å²) in [6.45, 7) is 0. The van der Waals surface area contributed by atoms with Crippen molar-refractivity contribution in [2.75, 3.05) is 5.32 Å². The predicted molar refractivity (Wildman–Crippen MR) is 102 cm³/mol. The van der Waals surface area contributed by atoms with Crippen molar-refractivity contribution in [3.05, 3.63) is 78.2 Å². The molecule has 4 nitrogen and oxygen atoms in total. The first-order chi connectivity index (χ1) is 14.6. The molecule has 0 unspecified atom stereocenters. The summed E-state index contributed by atoms with van der Waals surface area (Å²) in [4.78, 5) is 12.1. The molecule has 0 amide bonds. The van der Waals surface area contributed by atoms with Crippen LogP contribution in [0.4, 0.5) is 37.7 Å². The van der Waals surface area contributed by atoms with Crippen molar-refractivity contribution in [1.29, 1.82) is 0 Å². The summed E-state index contributed by atoms with van der Waals surface area (Å²) in [5.41, 5.74) is -0.853. The first kappa shape index (κ1) is 20.6. The molecule has 1 aromatic carbocycles. The van der Waals surface area contributed by atoms with Crippen LogP contribution in [-0.4, -0.2) is 15.0 Å². The molecule has 0 fully saturated rings. The Hall–Kier alpha value is -3.69. The molecule has 1 N–H and O–H groups in total. The van der Waals surface area contributed by atoms with E-state index in [4.69, 9.17) is 0 Å². The molecule has 0 aliphatic carbocycles. The molecule has 0 bridgehead atoms. The summed E-state index contributed by atoms with van der Waals surface area (Å²) < 4.78 is 78.0. The summed E-state index contributed by atoms with van der Waals surface area (Å²) in [6.07, 6.45) is -4.96. The Bertz CT molecular complexity index is 1230. The second-order valence-electron chi connectivity index (χ2n) is 6.55. The Balaban J connectivity index is 1.70. The number of hydrogen-bond donors (Lipinski definition) is 1. The molecule has 0 aliphatic rings. The number of fused-ring (bicyclic) bond motifs is 1. The zero-order valence-corrected chi connectivity index (χ0v) is 15.5. The lowest BCUT2D eigenvalue weighted by Crippen LogP contribution is -2.08. The fourth-order valence-electron chi connectivity index (χ4n) is 3.02. The highest BCUT2D eigenvalue weighted by molar-refractivity contribution is 5.93. The van der Waals surface area contributed by atoms with Crippen LogP contribution in [0.15, 0.2) is 67.1 Å². The predicted octanol–water partition coefficient (Wildman–Crippen LogP) is 6.47. The van der Waals surface area contributed by atoms with E-state index in [2.05, 4.69) is 20.3 Å². The summed E-state index contributed by atoms with van der Waals surface area (Å²) in [6, 6.07) is 9.50. The summed E-state index contributed by atoms with van der Waals surface area (Å²) in [5.74, 6) is 0. The van der Waals surface area contributed by atoms with Crippen LogP contribution in [0.1, 0.15) is 11.1 Å². The van der Waals surface area contributed by atoms with Gasteiger partial charge in [0.2, 0.25) is 0 Å². The molecule has 4 aromatic rings. The molecular weight excluding hydrogens is 422 g/mol. The van der Waals surface area contributed by atoms with Gasteiger partial charge in [0.15, 0.2) is 0 Å². The van der Waals surface area contributed by atoms with Crippen molar-refractivity contribution in [1.82, 2.24) is 15.0 Å². The van der Waals surface area contributed by atoms with Gasteiger partial charge in [0.25, 0.3) is 0 Å². The fourth-order valence-corrected chi connectivity index (χ4v) is 3.02. The van der Waals surface area contributed by atoms with Crippen molar-refractivity contribution in [3.8, 4) is 11.4 Å². The minimum Gasteiger partial charge on any atom is -0.354 e. The van der Waals surface area contributed by atoms with Crippen LogP contribution in [0, 0.1) is 0 Å². The van der Waals surface area contributed by atoms with Gasteiger partial charge in [-0.05, 0) is 48.5 Å². The number of hydrogen-bond acceptors (Lipinski definition) is 4. The molecule has 0 saturated carbocycles. The minimum absolute atomic E-state index is 0.0221. The number of anilines is 2. The Morgan fingerprint density at radius 3 is 2.19 bits per heavy atom. The lowest BCUT2D eigenvalue weighted by molar-refractivity contribution is -0.138. The Kier molecular flexibility index (Phi) is 5.00. The van der Waals surface area contributed by atoms with Gasteiger partial charge in [-0.1, -0.05) is 0 Å². The zero-order chi connectivity index (χ0) is 22.2. The van der Waals surface area contributed by atoms with Crippen molar-refractivity contribution < 1.29 is 26.3 Å².